The van der Waals surface area contributed by atoms with Crippen LogP contribution < -0.4 is 0 Å². The van der Waals surface area contributed by atoms with Crippen LogP contribution in [-0.2, 0) is 0 Å². The first kappa shape index (κ1) is 11.3. The van der Waals surface area contributed by atoms with E-state index in [1.54, 1.807) is 18.0 Å². The predicted octanol–water partition coefficient (Wildman–Crippen LogP) is 2.77. The summed E-state index contributed by atoms with van der Waals surface area (Å²) in [5, 5.41) is 0. The molecule has 78 valence electrons. The fraction of sp³-hybridized carbons (Fsp3) is 0.500. The number of amides is 1. The zero-order chi connectivity index (χ0) is 10.7. The average Bonchev–Trinajstić information content (AvgIpc) is 2.48. The Morgan fingerprint density at radius 1 is 1.64 bits per heavy atom. The van der Waals surface area contributed by atoms with Gasteiger partial charge in [0.15, 0.2) is 4.67 Å². The lowest BCUT2D eigenvalue weighted by molar-refractivity contribution is 0.0777. The summed E-state index contributed by atoms with van der Waals surface area (Å²) in [5.41, 5.74) is 0.577. The molecule has 0 aliphatic heterocycles. The highest BCUT2D eigenvalue weighted by Crippen LogP contribution is 2.19. The van der Waals surface area contributed by atoms with Gasteiger partial charge in [0, 0.05) is 13.6 Å². The van der Waals surface area contributed by atoms with E-state index >= 15 is 0 Å². The first-order valence-electron chi connectivity index (χ1n) is 4.50. The van der Waals surface area contributed by atoms with Crippen molar-refractivity contribution in [2.75, 3.05) is 13.6 Å². The highest BCUT2D eigenvalue weighted by molar-refractivity contribution is 9.10. The first-order chi connectivity index (χ1) is 6.52. The molecular formula is C10H14BrNO2. The topological polar surface area (TPSA) is 33.5 Å². The quantitative estimate of drug-likeness (QED) is 0.837. The smallest absolute Gasteiger partial charge is 0.258 e. The van der Waals surface area contributed by atoms with Crippen LogP contribution in [0.15, 0.2) is 21.4 Å². The Kier molecular flexibility index (Phi) is 3.75. The zero-order valence-electron chi connectivity index (χ0n) is 8.58. The molecule has 0 fully saturated rings. The number of nitrogens with zero attached hydrogens (tertiary/aromatic N) is 1. The number of furan rings is 1. The number of carbonyl (C=O) groups is 1. The van der Waals surface area contributed by atoms with Gasteiger partial charge < -0.3 is 9.32 Å². The van der Waals surface area contributed by atoms with Gasteiger partial charge >= 0.3 is 0 Å². The average molecular weight is 260 g/mol. The molecule has 0 aromatic carbocycles. The van der Waals surface area contributed by atoms with Crippen molar-refractivity contribution in [1.82, 2.24) is 4.90 Å². The van der Waals surface area contributed by atoms with Crippen molar-refractivity contribution >= 4 is 21.8 Å². The van der Waals surface area contributed by atoms with Crippen molar-refractivity contribution < 1.29 is 9.21 Å². The highest BCUT2D eigenvalue weighted by Gasteiger charge is 2.17. The molecule has 3 nitrogen and oxygen atoms in total. The van der Waals surface area contributed by atoms with E-state index in [0.29, 0.717) is 16.2 Å². The minimum absolute atomic E-state index is 0.0145. The normalized spacial score (nSPS) is 10.6. The Labute approximate surface area is 92.2 Å². The summed E-state index contributed by atoms with van der Waals surface area (Å²) in [6, 6.07) is 1.67. The van der Waals surface area contributed by atoms with Crippen molar-refractivity contribution in [3.63, 3.8) is 0 Å². The minimum atomic E-state index is -0.0145. The van der Waals surface area contributed by atoms with Crippen molar-refractivity contribution in [2.24, 2.45) is 5.92 Å². The fourth-order valence-corrected chi connectivity index (χ4v) is 1.69. The number of rotatable bonds is 3. The van der Waals surface area contributed by atoms with Crippen LogP contribution >= 0.6 is 15.9 Å². The molecule has 0 atom stereocenters. The molecule has 14 heavy (non-hydrogen) atoms. The Morgan fingerprint density at radius 2 is 2.29 bits per heavy atom. The van der Waals surface area contributed by atoms with Gasteiger partial charge in [-0.1, -0.05) is 13.8 Å². The van der Waals surface area contributed by atoms with Crippen molar-refractivity contribution in [1.29, 1.82) is 0 Å². The molecule has 0 unspecified atom stereocenters. The number of hydrogen-bond acceptors (Lipinski definition) is 2. The Balaban J connectivity index is 2.71. The van der Waals surface area contributed by atoms with Crippen LogP contribution in [0, 0.1) is 5.92 Å². The summed E-state index contributed by atoms with van der Waals surface area (Å²) in [6.45, 7) is 4.90. The molecule has 1 amide bonds. The number of hydrogen-bond donors (Lipinski definition) is 0. The molecule has 1 rings (SSSR count). The lowest BCUT2D eigenvalue weighted by atomic mass is 10.2. The minimum Gasteiger partial charge on any atom is -0.457 e. The van der Waals surface area contributed by atoms with Crippen molar-refractivity contribution in [2.45, 2.75) is 13.8 Å². The molecule has 0 spiro atoms. The van der Waals surface area contributed by atoms with Gasteiger partial charge in [0.2, 0.25) is 0 Å². The standard InChI is InChI=1S/C10H14BrNO2/c1-7(2)6-12(3)10(13)8-4-5-14-9(8)11/h4-5,7H,6H2,1-3H3. The lowest BCUT2D eigenvalue weighted by Gasteiger charge is -2.18. The third-order valence-corrected chi connectivity index (χ3v) is 2.45. The van der Waals surface area contributed by atoms with Crippen molar-refractivity contribution in [3.8, 4) is 0 Å². The molecule has 1 aromatic rings. The first-order valence-corrected chi connectivity index (χ1v) is 5.30. The Hall–Kier alpha value is -0.770. The maximum atomic E-state index is 11.8. The van der Waals surface area contributed by atoms with E-state index in [1.807, 2.05) is 0 Å². The molecule has 1 aromatic heterocycles. The number of carbonyl (C=O) groups excluding carboxylic acids is 1. The summed E-state index contributed by atoms with van der Waals surface area (Å²) >= 11 is 3.19. The van der Waals surface area contributed by atoms with Crippen LogP contribution in [0.1, 0.15) is 24.2 Å². The van der Waals surface area contributed by atoms with Gasteiger partial charge in [-0.05, 0) is 27.9 Å². The van der Waals surface area contributed by atoms with Gasteiger partial charge in [0.25, 0.3) is 5.91 Å². The van der Waals surface area contributed by atoms with Gasteiger partial charge in [-0.25, -0.2) is 0 Å². The summed E-state index contributed by atoms with van der Waals surface area (Å²) in [7, 11) is 1.79. The molecule has 1 heterocycles. The molecule has 0 radical (unpaired) electrons. The second-order valence-corrected chi connectivity index (χ2v) is 4.41. The molecule has 0 aliphatic rings. The second kappa shape index (κ2) is 4.64. The number of halogens is 1. The van der Waals surface area contributed by atoms with Crippen LogP contribution in [0.4, 0.5) is 0 Å². The van der Waals surface area contributed by atoms with E-state index in [0.717, 1.165) is 6.54 Å². The second-order valence-electron chi connectivity index (χ2n) is 3.69. The van der Waals surface area contributed by atoms with E-state index in [9.17, 15) is 4.79 Å². The van der Waals surface area contributed by atoms with Gasteiger partial charge in [-0.15, -0.1) is 0 Å². The van der Waals surface area contributed by atoms with E-state index < -0.39 is 0 Å². The summed E-state index contributed by atoms with van der Waals surface area (Å²) in [4.78, 5) is 13.5. The largest absolute Gasteiger partial charge is 0.457 e. The third kappa shape index (κ3) is 2.61. The molecule has 0 bridgehead atoms. The van der Waals surface area contributed by atoms with E-state index in [1.165, 1.54) is 6.26 Å². The predicted molar refractivity (Wildman–Crippen MR) is 58.2 cm³/mol. The molecule has 0 aliphatic carbocycles. The van der Waals surface area contributed by atoms with Crippen LogP contribution in [-0.4, -0.2) is 24.4 Å². The summed E-state index contributed by atoms with van der Waals surface area (Å²) in [6.07, 6.45) is 1.50. The van der Waals surface area contributed by atoms with Crippen LogP contribution in [0.3, 0.4) is 0 Å². The monoisotopic (exact) mass is 259 g/mol. The van der Waals surface area contributed by atoms with Crippen molar-refractivity contribution in [3.05, 3.63) is 22.6 Å². The molecular weight excluding hydrogens is 246 g/mol. The Morgan fingerprint density at radius 3 is 2.71 bits per heavy atom. The molecule has 0 saturated heterocycles. The highest BCUT2D eigenvalue weighted by atomic mass is 79.9. The van der Waals surface area contributed by atoms with Crippen LogP contribution in [0.5, 0.6) is 0 Å². The maximum absolute atomic E-state index is 11.8. The Bertz CT molecular complexity index is 320. The van der Waals surface area contributed by atoms with Crippen LogP contribution in [0.2, 0.25) is 0 Å². The molecule has 0 N–H and O–H groups in total. The summed E-state index contributed by atoms with van der Waals surface area (Å²) < 4.78 is 5.51. The van der Waals surface area contributed by atoms with Crippen LogP contribution in [0.25, 0.3) is 0 Å². The van der Waals surface area contributed by atoms with E-state index in [-0.39, 0.29) is 5.91 Å². The SMILES string of the molecule is CC(C)CN(C)C(=O)c1ccoc1Br. The van der Waals surface area contributed by atoms with Gasteiger partial charge in [-0.2, -0.15) is 0 Å². The summed E-state index contributed by atoms with van der Waals surface area (Å²) in [5.74, 6) is 0.453. The molecule has 0 saturated carbocycles. The third-order valence-electron chi connectivity index (χ3n) is 1.83. The maximum Gasteiger partial charge on any atom is 0.258 e. The van der Waals surface area contributed by atoms with E-state index in [4.69, 9.17) is 4.42 Å². The lowest BCUT2D eigenvalue weighted by Crippen LogP contribution is -2.30. The van der Waals surface area contributed by atoms with E-state index in [2.05, 4.69) is 29.8 Å². The van der Waals surface area contributed by atoms with Gasteiger partial charge in [-0.3, -0.25) is 4.79 Å². The molecule has 4 heteroatoms. The fourth-order valence-electron chi connectivity index (χ4n) is 1.28. The van der Waals surface area contributed by atoms with Gasteiger partial charge in [0.05, 0.1) is 11.8 Å². The zero-order valence-corrected chi connectivity index (χ0v) is 10.2. The van der Waals surface area contributed by atoms with Gasteiger partial charge in [0.1, 0.15) is 0 Å².